The van der Waals surface area contributed by atoms with Crippen LogP contribution < -0.4 is 0 Å². The average Bonchev–Trinajstić information content (AvgIpc) is 2.26. The molecule has 88 valence electrons. The van der Waals surface area contributed by atoms with Gasteiger partial charge >= 0.3 is 0 Å². The second-order valence-corrected chi connectivity index (χ2v) is 5.54. The van der Waals surface area contributed by atoms with Crippen LogP contribution in [0.25, 0.3) is 0 Å². The van der Waals surface area contributed by atoms with E-state index >= 15 is 0 Å². The van der Waals surface area contributed by atoms with Crippen LogP contribution >= 0.6 is 11.8 Å². The number of hydrogen-bond acceptors (Lipinski definition) is 3. The Balaban J connectivity index is 2.32. The molecule has 1 amide bonds. The second-order valence-electron chi connectivity index (χ2n) is 4.13. The van der Waals surface area contributed by atoms with Gasteiger partial charge in [-0.1, -0.05) is 6.92 Å². The summed E-state index contributed by atoms with van der Waals surface area (Å²) in [7, 11) is 0. The van der Waals surface area contributed by atoms with Gasteiger partial charge in [-0.2, -0.15) is 11.8 Å². The highest BCUT2D eigenvalue weighted by atomic mass is 32.2. The number of carbonyl (C=O) groups is 1. The average molecular weight is 231 g/mol. The molecule has 0 bridgehead atoms. The van der Waals surface area contributed by atoms with Crippen LogP contribution in [0, 0.1) is 0 Å². The lowest BCUT2D eigenvalue weighted by Gasteiger charge is -2.32. The Morgan fingerprint density at radius 3 is 3.00 bits per heavy atom. The zero-order valence-electron chi connectivity index (χ0n) is 9.61. The van der Waals surface area contributed by atoms with Crippen molar-refractivity contribution in [3.63, 3.8) is 0 Å². The molecular formula is C11H21NO2S. The third-order valence-electron chi connectivity index (χ3n) is 2.72. The van der Waals surface area contributed by atoms with Crippen molar-refractivity contribution in [2.45, 2.75) is 44.5 Å². The Kier molecular flexibility index (Phi) is 5.47. The number of aliphatic hydroxyl groups is 1. The third-order valence-corrected chi connectivity index (χ3v) is 4.09. The van der Waals surface area contributed by atoms with E-state index in [0.717, 1.165) is 25.3 Å². The molecule has 1 rings (SSSR count). The molecule has 2 unspecified atom stereocenters. The van der Waals surface area contributed by atoms with Crippen LogP contribution in [0.1, 0.15) is 33.1 Å². The first-order valence-electron chi connectivity index (χ1n) is 5.71. The summed E-state index contributed by atoms with van der Waals surface area (Å²) >= 11 is 1.97. The van der Waals surface area contributed by atoms with Crippen molar-refractivity contribution in [3.8, 4) is 0 Å². The van der Waals surface area contributed by atoms with Crippen molar-refractivity contribution >= 4 is 17.7 Å². The summed E-state index contributed by atoms with van der Waals surface area (Å²) < 4.78 is 0. The van der Waals surface area contributed by atoms with Gasteiger partial charge in [0.2, 0.25) is 5.91 Å². The number of aliphatic hydroxyl groups excluding tert-OH is 1. The first kappa shape index (κ1) is 12.8. The highest BCUT2D eigenvalue weighted by Gasteiger charge is 2.22. The maximum Gasteiger partial charge on any atom is 0.222 e. The molecule has 1 aliphatic heterocycles. The van der Waals surface area contributed by atoms with Crippen molar-refractivity contribution in [1.82, 2.24) is 4.90 Å². The Morgan fingerprint density at radius 1 is 1.67 bits per heavy atom. The fraction of sp³-hybridized carbons (Fsp3) is 0.909. The second kappa shape index (κ2) is 6.38. The molecule has 1 aliphatic rings. The zero-order valence-corrected chi connectivity index (χ0v) is 10.4. The first-order chi connectivity index (χ1) is 7.13. The van der Waals surface area contributed by atoms with Crippen LogP contribution in [0.4, 0.5) is 0 Å². The maximum atomic E-state index is 11.8. The Bertz CT molecular complexity index is 209. The van der Waals surface area contributed by atoms with Gasteiger partial charge in [-0.3, -0.25) is 4.79 Å². The molecule has 15 heavy (non-hydrogen) atoms. The summed E-state index contributed by atoms with van der Waals surface area (Å²) in [5, 5.41) is 9.73. The molecule has 1 saturated heterocycles. The van der Waals surface area contributed by atoms with Crippen LogP contribution in [-0.4, -0.2) is 46.1 Å². The zero-order chi connectivity index (χ0) is 11.3. The highest BCUT2D eigenvalue weighted by Crippen LogP contribution is 2.21. The third kappa shape index (κ3) is 4.43. The minimum atomic E-state index is -0.366. The van der Waals surface area contributed by atoms with Crippen molar-refractivity contribution in [2.24, 2.45) is 0 Å². The number of carbonyl (C=O) groups excluding carboxylic acids is 1. The van der Waals surface area contributed by atoms with E-state index in [-0.39, 0.29) is 12.0 Å². The SMILES string of the molecule is CCC1CN(C(=O)CCC(C)O)CCS1. The molecule has 2 atom stereocenters. The van der Waals surface area contributed by atoms with Crippen molar-refractivity contribution in [1.29, 1.82) is 0 Å². The standard InChI is InChI=1S/C11H21NO2S/c1-3-10-8-12(6-7-15-10)11(14)5-4-9(2)13/h9-10,13H,3-8H2,1-2H3. The number of thioether (sulfide) groups is 1. The molecule has 3 nitrogen and oxygen atoms in total. The van der Waals surface area contributed by atoms with E-state index < -0.39 is 0 Å². The molecule has 0 aromatic carbocycles. The van der Waals surface area contributed by atoms with E-state index in [1.54, 1.807) is 6.92 Å². The van der Waals surface area contributed by atoms with Crippen molar-refractivity contribution < 1.29 is 9.90 Å². The monoisotopic (exact) mass is 231 g/mol. The molecule has 0 aromatic rings. The number of rotatable bonds is 4. The minimum absolute atomic E-state index is 0.203. The van der Waals surface area contributed by atoms with Crippen LogP contribution in [0.15, 0.2) is 0 Å². The van der Waals surface area contributed by atoms with Gasteiger partial charge in [0.15, 0.2) is 0 Å². The summed E-state index contributed by atoms with van der Waals surface area (Å²) in [5.74, 6) is 1.26. The van der Waals surface area contributed by atoms with Gasteiger partial charge in [-0.05, 0) is 19.8 Å². The predicted octanol–water partition coefficient (Wildman–Crippen LogP) is 1.50. The highest BCUT2D eigenvalue weighted by molar-refractivity contribution is 8.00. The Morgan fingerprint density at radius 2 is 2.40 bits per heavy atom. The van der Waals surface area contributed by atoms with E-state index in [0.29, 0.717) is 18.1 Å². The van der Waals surface area contributed by atoms with Gasteiger partial charge < -0.3 is 10.0 Å². The molecule has 4 heteroatoms. The lowest BCUT2D eigenvalue weighted by Crippen LogP contribution is -2.41. The van der Waals surface area contributed by atoms with Gasteiger partial charge in [0.05, 0.1) is 6.10 Å². The molecule has 0 spiro atoms. The minimum Gasteiger partial charge on any atom is -0.393 e. The van der Waals surface area contributed by atoms with Crippen LogP contribution in [0.3, 0.4) is 0 Å². The van der Waals surface area contributed by atoms with E-state index in [2.05, 4.69) is 6.92 Å². The summed E-state index contributed by atoms with van der Waals surface area (Å²) in [6.07, 6.45) is 1.83. The normalized spacial score (nSPS) is 23.9. The maximum absolute atomic E-state index is 11.8. The largest absolute Gasteiger partial charge is 0.393 e. The molecule has 0 aromatic heterocycles. The summed E-state index contributed by atoms with van der Waals surface area (Å²) in [6, 6.07) is 0. The van der Waals surface area contributed by atoms with Gasteiger partial charge in [0.1, 0.15) is 0 Å². The molecule has 1 N–H and O–H groups in total. The number of nitrogens with zero attached hydrogens (tertiary/aromatic N) is 1. The lowest BCUT2D eigenvalue weighted by molar-refractivity contribution is -0.131. The molecule has 1 fully saturated rings. The molecular weight excluding hydrogens is 210 g/mol. The fourth-order valence-corrected chi connectivity index (χ4v) is 2.86. The van der Waals surface area contributed by atoms with E-state index in [1.165, 1.54) is 0 Å². The lowest BCUT2D eigenvalue weighted by atomic mass is 10.2. The Hall–Kier alpha value is -0.220. The molecule has 0 aliphatic carbocycles. The van der Waals surface area contributed by atoms with E-state index in [4.69, 9.17) is 5.11 Å². The summed E-state index contributed by atoms with van der Waals surface area (Å²) in [6.45, 7) is 5.66. The quantitative estimate of drug-likeness (QED) is 0.797. The van der Waals surface area contributed by atoms with Crippen molar-refractivity contribution in [2.75, 3.05) is 18.8 Å². The van der Waals surface area contributed by atoms with Gasteiger partial charge in [-0.15, -0.1) is 0 Å². The predicted molar refractivity (Wildman–Crippen MR) is 64.0 cm³/mol. The Labute approximate surface area is 96.2 Å². The first-order valence-corrected chi connectivity index (χ1v) is 6.75. The molecule has 1 heterocycles. The van der Waals surface area contributed by atoms with Crippen LogP contribution in [0.5, 0.6) is 0 Å². The van der Waals surface area contributed by atoms with Gasteiger partial charge in [0, 0.05) is 30.5 Å². The van der Waals surface area contributed by atoms with Crippen molar-refractivity contribution in [3.05, 3.63) is 0 Å². The van der Waals surface area contributed by atoms with Gasteiger partial charge in [0.25, 0.3) is 0 Å². The topological polar surface area (TPSA) is 40.5 Å². The van der Waals surface area contributed by atoms with E-state index in [1.807, 2.05) is 16.7 Å². The van der Waals surface area contributed by atoms with E-state index in [9.17, 15) is 4.79 Å². The van der Waals surface area contributed by atoms with Gasteiger partial charge in [-0.25, -0.2) is 0 Å². The summed E-state index contributed by atoms with van der Waals surface area (Å²) in [4.78, 5) is 13.7. The smallest absolute Gasteiger partial charge is 0.222 e. The molecule has 0 radical (unpaired) electrons. The number of amides is 1. The fourth-order valence-electron chi connectivity index (χ4n) is 1.68. The van der Waals surface area contributed by atoms with Crippen LogP contribution in [0.2, 0.25) is 0 Å². The summed E-state index contributed by atoms with van der Waals surface area (Å²) in [5.41, 5.74) is 0. The molecule has 0 saturated carbocycles. The van der Waals surface area contributed by atoms with Crippen LogP contribution in [-0.2, 0) is 4.79 Å². The number of hydrogen-bond donors (Lipinski definition) is 1.